The first-order valence-corrected chi connectivity index (χ1v) is 11.0. The summed E-state index contributed by atoms with van der Waals surface area (Å²) in [6, 6.07) is 4.32. The largest absolute Gasteiger partial charge is 0.416 e. The smallest absolute Gasteiger partial charge is 0.334 e. The predicted octanol–water partition coefficient (Wildman–Crippen LogP) is 3.64. The fraction of sp³-hybridized carbons (Fsp3) is 0.400. The molecule has 1 amide bonds. The molecule has 0 saturated carbocycles. The van der Waals surface area contributed by atoms with Gasteiger partial charge in [-0.2, -0.15) is 18.3 Å². The van der Waals surface area contributed by atoms with Crippen molar-refractivity contribution in [3.8, 4) is 11.5 Å². The van der Waals surface area contributed by atoms with E-state index in [2.05, 4.69) is 15.3 Å². The minimum absolute atomic E-state index is 0.225. The summed E-state index contributed by atoms with van der Waals surface area (Å²) in [6.45, 7) is 3.45. The summed E-state index contributed by atoms with van der Waals surface area (Å²) in [4.78, 5) is 14.6. The van der Waals surface area contributed by atoms with Crippen LogP contribution in [0.5, 0.6) is 0 Å². The van der Waals surface area contributed by atoms with Crippen molar-refractivity contribution >= 4 is 17.7 Å². The lowest BCUT2D eigenvalue weighted by molar-refractivity contribution is -0.137. The van der Waals surface area contributed by atoms with Crippen LogP contribution in [0.3, 0.4) is 0 Å². The van der Waals surface area contributed by atoms with Crippen molar-refractivity contribution in [2.45, 2.75) is 37.8 Å². The molecule has 0 unspecified atom stereocenters. The van der Waals surface area contributed by atoms with Crippen molar-refractivity contribution in [3.63, 3.8) is 0 Å². The second-order valence-electron chi connectivity index (χ2n) is 7.20. The van der Waals surface area contributed by atoms with Gasteiger partial charge in [0.1, 0.15) is 5.69 Å². The van der Waals surface area contributed by atoms with Gasteiger partial charge in [0, 0.05) is 43.4 Å². The summed E-state index contributed by atoms with van der Waals surface area (Å²) in [5.74, 6) is 0.337. The van der Waals surface area contributed by atoms with Crippen LogP contribution in [-0.2, 0) is 32.7 Å². The Bertz CT molecular complexity index is 1120. The van der Waals surface area contributed by atoms with Crippen molar-refractivity contribution in [3.05, 3.63) is 46.6 Å². The van der Waals surface area contributed by atoms with Crippen LogP contribution in [0.2, 0.25) is 0 Å². The van der Waals surface area contributed by atoms with Gasteiger partial charge in [-0.25, -0.2) is 0 Å². The molecule has 0 saturated heterocycles. The predicted molar refractivity (Wildman–Crippen MR) is 110 cm³/mol. The summed E-state index contributed by atoms with van der Waals surface area (Å²) in [5, 5.41) is 14.0. The summed E-state index contributed by atoms with van der Waals surface area (Å²) in [5.41, 5.74) is 2.04. The first kappa shape index (κ1) is 21.4. The molecule has 11 heteroatoms. The highest BCUT2D eigenvalue weighted by molar-refractivity contribution is 7.98. The molecule has 0 aliphatic carbocycles. The number of carbonyl (C=O) groups excluding carboxylic acids is 1. The zero-order valence-corrected chi connectivity index (χ0v) is 18.1. The molecule has 1 aromatic carbocycles. The Labute approximate surface area is 181 Å². The third-order valence-corrected chi connectivity index (χ3v) is 6.08. The number of aryl methyl sites for hydroxylation is 1. The lowest BCUT2D eigenvalue weighted by atomic mass is 10.0. The number of rotatable bonds is 4. The molecule has 0 bridgehead atoms. The maximum absolute atomic E-state index is 13.0. The standard InChI is InChI=1S/C20H21F3N6OS/c1-4-29-17(24-25-19(29)31-3)16-14-11-28(10-9-15(14)27(2)26-16)18(30)12-5-7-13(8-6-12)20(21,22)23/h5-8H,4,9-11H2,1-3H3. The van der Waals surface area contributed by atoms with Gasteiger partial charge in [-0.15, -0.1) is 10.2 Å². The van der Waals surface area contributed by atoms with Crippen molar-refractivity contribution in [2.24, 2.45) is 7.05 Å². The van der Waals surface area contributed by atoms with Crippen molar-refractivity contribution < 1.29 is 18.0 Å². The van der Waals surface area contributed by atoms with Crippen LogP contribution in [0.1, 0.15) is 34.1 Å². The SMILES string of the molecule is CCn1c(SC)nnc1-c1nn(C)c2c1CN(C(=O)c1ccc(C(F)(F)F)cc1)CC2. The summed E-state index contributed by atoms with van der Waals surface area (Å²) >= 11 is 1.50. The van der Waals surface area contributed by atoms with Crippen molar-refractivity contribution in [2.75, 3.05) is 12.8 Å². The number of aromatic nitrogens is 5. The first-order valence-electron chi connectivity index (χ1n) is 9.73. The van der Waals surface area contributed by atoms with Gasteiger partial charge < -0.3 is 9.47 Å². The number of hydrogen-bond acceptors (Lipinski definition) is 5. The van der Waals surface area contributed by atoms with Gasteiger partial charge in [-0.3, -0.25) is 9.48 Å². The number of hydrogen-bond donors (Lipinski definition) is 0. The van der Waals surface area contributed by atoms with Crippen LogP contribution in [0.4, 0.5) is 13.2 Å². The van der Waals surface area contributed by atoms with E-state index in [0.717, 1.165) is 28.5 Å². The van der Waals surface area contributed by atoms with Crippen LogP contribution in [0.25, 0.3) is 11.5 Å². The topological polar surface area (TPSA) is 68.8 Å². The fourth-order valence-electron chi connectivity index (χ4n) is 3.83. The number of amides is 1. The number of nitrogens with zero attached hydrogens (tertiary/aromatic N) is 6. The molecule has 164 valence electrons. The molecule has 0 atom stereocenters. The van der Waals surface area contributed by atoms with Crippen molar-refractivity contribution in [1.29, 1.82) is 0 Å². The van der Waals surface area contributed by atoms with E-state index in [1.54, 1.807) is 9.58 Å². The molecule has 1 aliphatic rings. The van der Waals surface area contributed by atoms with E-state index in [0.29, 0.717) is 37.6 Å². The number of fused-ring (bicyclic) bond motifs is 1. The average molecular weight is 450 g/mol. The number of benzene rings is 1. The van der Waals surface area contributed by atoms with Gasteiger partial charge in [-0.05, 0) is 37.4 Å². The number of halogens is 3. The van der Waals surface area contributed by atoms with Gasteiger partial charge >= 0.3 is 6.18 Å². The zero-order chi connectivity index (χ0) is 22.3. The minimum Gasteiger partial charge on any atom is -0.334 e. The Morgan fingerprint density at radius 2 is 1.90 bits per heavy atom. The highest BCUT2D eigenvalue weighted by atomic mass is 32.2. The van der Waals surface area contributed by atoms with E-state index in [1.165, 1.54) is 23.9 Å². The van der Waals surface area contributed by atoms with Crippen LogP contribution in [0.15, 0.2) is 29.4 Å². The third kappa shape index (κ3) is 3.82. The van der Waals surface area contributed by atoms with E-state index >= 15 is 0 Å². The van der Waals surface area contributed by atoms with E-state index in [4.69, 9.17) is 0 Å². The molecule has 7 nitrogen and oxygen atoms in total. The molecule has 1 aliphatic heterocycles. The maximum Gasteiger partial charge on any atom is 0.416 e. The molecule has 3 heterocycles. The van der Waals surface area contributed by atoms with Gasteiger partial charge in [-0.1, -0.05) is 11.8 Å². The van der Waals surface area contributed by atoms with Crippen molar-refractivity contribution in [1.82, 2.24) is 29.4 Å². The van der Waals surface area contributed by atoms with Gasteiger partial charge in [0.05, 0.1) is 12.1 Å². The second-order valence-corrected chi connectivity index (χ2v) is 7.98. The van der Waals surface area contributed by atoms with Crippen LogP contribution >= 0.6 is 11.8 Å². The highest BCUT2D eigenvalue weighted by Gasteiger charge is 2.32. The Kier molecular flexibility index (Phi) is 5.54. The molecule has 0 fully saturated rings. The fourth-order valence-corrected chi connectivity index (χ4v) is 4.39. The van der Waals surface area contributed by atoms with Crippen LogP contribution in [-0.4, -0.2) is 48.2 Å². The number of thioether (sulfide) groups is 1. The number of alkyl halides is 3. The second kappa shape index (κ2) is 8.03. The number of carbonyl (C=O) groups is 1. The highest BCUT2D eigenvalue weighted by Crippen LogP contribution is 2.32. The quantitative estimate of drug-likeness (QED) is 0.568. The van der Waals surface area contributed by atoms with Crippen LogP contribution < -0.4 is 0 Å². The first-order chi connectivity index (χ1) is 14.7. The van der Waals surface area contributed by atoms with Gasteiger partial charge in [0.25, 0.3) is 5.91 Å². The average Bonchev–Trinajstić information content (AvgIpc) is 3.32. The Hall–Kier alpha value is -2.82. The van der Waals surface area contributed by atoms with E-state index in [1.807, 2.05) is 24.8 Å². The van der Waals surface area contributed by atoms with Gasteiger partial charge in [0.2, 0.25) is 0 Å². The molecular formula is C20H21F3N6OS. The summed E-state index contributed by atoms with van der Waals surface area (Å²) < 4.78 is 42.2. The van der Waals surface area contributed by atoms with Gasteiger partial charge in [0.15, 0.2) is 11.0 Å². The molecule has 31 heavy (non-hydrogen) atoms. The summed E-state index contributed by atoms with van der Waals surface area (Å²) in [6.07, 6.45) is -1.91. The molecule has 0 radical (unpaired) electrons. The Morgan fingerprint density at radius 3 is 2.52 bits per heavy atom. The lowest BCUT2D eigenvalue weighted by Gasteiger charge is -2.28. The molecule has 2 aromatic heterocycles. The molecule has 3 aromatic rings. The summed E-state index contributed by atoms with van der Waals surface area (Å²) in [7, 11) is 1.86. The van der Waals surface area contributed by atoms with E-state index in [-0.39, 0.29) is 11.5 Å². The van der Waals surface area contributed by atoms with Crippen LogP contribution in [0, 0.1) is 0 Å². The van der Waals surface area contributed by atoms with E-state index < -0.39 is 11.7 Å². The zero-order valence-electron chi connectivity index (χ0n) is 17.3. The Morgan fingerprint density at radius 1 is 1.19 bits per heavy atom. The Balaban J connectivity index is 1.64. The minimum atomic E-state index is -4.43. The normalized spacial score (nSPS) is 14.1. The lowest BCUT2D eigenvalue weighted by Crippen LogP contribution is -2.36. The molecule has 4 rings (SSSR count). The molecule has 0 spiro atoms. The molecular weight excluding hydrogens is 429 g/mol. The maximum atomic E-state index is 13.0. The third-order valence-electron chi connectivity index (χ3n) is 5.42. The van der Waals surface area contributed by atoms with E-state index in [9.17, 15) is 18.0 Å². The monoisotopic (exact) mass is 450 g/mol. The molecule has 0 N–H and O–H groups in total.